The minimum Gasteiger partial charge on any atom is -0.322 e. The van der Waals surface area contributed by atoms with Crippen LogP contribution >= 0.6 is 0 Å². The lowest BCUT2D eigenvalue weighted by molar-refractivity contribution is 0.102. The highest BCUT2D eigenvalue weighted by Crippen LogP contribution is 2.17. The zero-order valence-corrected chi connectivity index (χ0v) is 14.8. The monoisotopic (exact) mass is 367 g/mol. The van der Waals surface area contributed by atoms with Crippen molar-refractivity contribution in [1.29, 1.82) is 0 Å². The third-order valence-corrected chi connectivity index (χ3v) is 4.94. The van der Waals surface area contributed by atoms with Gasteiger partial charge in [0.25, 0.3) is 15.9 Å². The van der Waals surface area contributed by atoms with Gasteiger partial charge in [0.15, 0.2) is 0 Å². The number of amides is 1. The quantitative estimate of drug-likeness (QED) is 0.723. The Labute approximate surface area is 152 Å². The van der Waals surface area contributed by atoms with Gasteiger partial charge in [0, 0.05) is 17.4 Å². The molecule has 6 nitrogen and oxygen atoms in total. The molecule has 0 saturated carbocycles. The summed E-state index contributed by atoms with van der Waals surface area (Å²) in [6.07, 6.45) is 1.52. The number of nitrogens with one attached hydrogen (secondary N) is 2. The largest absolute Gasteiger partial charge is 0.322 e. The third-order valence-electron chi connectivity index (χ3n) is 3.59. The van der Waals surface area contributed by atoms with E-state index in [1.54, 1.807) is 42.5 Å². The second-order valence-corrected chi connectivity index (χ2v) is 7.35. The van der Waals surface area contributed by atoms with Crippen LogP contribution in [0.25, 0.3) is 0 Å². The van der Waals surface area contributed by atoms with Gasteiger partial charge >= 0.3 is 0 Å². The summed E-state index contributed by atoms with van der Waals surface area (Å²) in [6.45, 7) is 1.84. The first-order valence-corrected chi connectivity index (χ1v) is 9.34. The maximum atomic E-state index is 12.6. The molecule has 7 heteroatoms. The number of hydrogen-bond acceptors (Lipinski definition) is 4. The fourth-order valence-corrected chi connectivity index (χ4v) is 3.36. The molecule has 0 aliphatic rings. The number of aryl methyl sites for hydroxylation is 1. The lowest BCUT2D eigenvalue weighted by Crippen LogP contribution is -2.16. The van der Waals surface area contributed by atoms with E-state index in [2.05, 4.69) is 15.0 Å². The van der Waals surface area contributed by atoms with Crippen molar-refractivity contribution >= 4 is 27.4 Å². The van der Waals surface area contributed by atoms with Crippen molar-refractivity contribution in [3.8, 4) is 0 Å². The summed E-state index contributed by atoms with van der Waals surface area (Å²) >= 11 is 0. The molecule has 2 N–H and O–H groups in total. The summed E-state index contributed by atoms with van der Waals surface area (Å²) < 4.78 is 27.5. The molecular formula is C19H17N3O3S. The van der Waals surface area contributed by atoms with Crippen molar-refractivity contribution in [2.24, 2.45) is 0 Å². The van der Waals surface area contributed by atoms with Gasteiger partial charge in [0.05, 0.1) is 4.90 Å². The predicted octanol–water partition coefficient (Wildman–Crippen LogP) is 3.44. The number of rotatable bonds is 5. The van der Waals surface area contributed by atoms with Gasteiger partial charge in [-0.1, -0.05) is 24.3 Å². The van der Waals surface area contributed by atoms with E-state index in [-0.39, 0.29) is 22.2 Å². The molecule has 0 spiro atoms. The van der Waals surface area contributed by atoms with Crippen LogP contribution in [0.15, 0.2) is 77.8 Å². The number of anilines is 2. The molecule has 0 atom stereocenters. The Kier molecular flexibility index (Phi) is 4.99. The first kappa shape index (κ1) is 17.6. The number of carbonyl (C=O) groups excluding carboxylic acids is 1. The van der Waals surface area contributed by atoms with Crippen LogP contribution in [0.1, 0.15) is 15.9 Å². The summed E-state index contributed by atoms with van der Waals surface area (Å²) in [5.74, 6) is -0.161. The van der Waals surface area contributed by atoms with Crippen LogP contribution in [0.3, 0.4) is 0 Å². The van der Waals surface area contributed by atoms with E-state index in [9.17, 15) is 13.2 Å². The first-order valence-electron chi connectivity index (χ1n) is 7.86. The number of aromatic nitrogens is 1. The van der Waals surface area contributed by atoms with E-state index >= 15 is 0 Å². The summed E-state index contributed by atoms with van der Waals surface area (Å²) in [5.41, 5.74) is 1.76. The molecule has 1 heterocycles. The molecule has 3 rings (SSSR count). The van der Waals surface area contributed by atoms with Gasteiger partial charge in [-0.3, -0.25) is 9.52 Å². The first-order chi connectivity index (χ1) is 12.4. The van der Waals surface area contributed by atoms with Crippen molar-refractivity contribution in [3.63, 3.8) is 0 Å². The molecule has 0 bridgehead atoms. The van der Waals surface area contributed by atoms with Crippen LogP contribution in [0.2, 0.25) is 0 Å². The molecule has 3 aromatic rings. The summed E-state index contributed by atoms with van der Waals surface area (Å²) in [6, 6.07) is 18.2. The average molecular weight is 367 g/mol. The van der Waals surface area contributed by atoms with Crippen molar-refractivity contribution in [3.05, 3.63) is 84.1 Å². The number of sulfonamides is 1. The second-order valence-electron chi connectivity index (χ2n) is 5.67. The topological polar surface area (TPSA) is 88.2 Å². The van der Waals surface area contributed by atoms with Gasteiger partial charge in [-0.05, 0) is 55.0 Å². The maximum absolute atomic E-state index is 12.6. The lowest BCUT2D eigenvalue weighted by Gasteiger charge is -2.10. The molecule has 1 aromatic heterocycles. The highest BCUT2D eigenvalue weighted by molar-refractivity contribution is 7.92. The number of carbonyl (C=O) groups is 1. The standard InChI is InChI=1S/C19H17N3O3S/c1-14-10-11-20-18(12-14)22-26(24,25)17-9-5-6-15(13-17)19(23)21-16-7-3-2-4-8-16/h2-13H,1H3,(H,20,22)(H,21,23). The lowest BCUT2D eigenvalue weighted by atomic mass is 10.2. The van der Waals surface area contributed by atoms with Gasteiger partial charge in [-0.15, -0.1) is 0 Å². The van der Waals surface area contributed by atoms with Gasteiger partial charge in [-0.2, -0.15) is 0 Å². The molecule has 0 aliphatic carbocycles. The van der Waals surface area contributed by atoms with Gasteiger partial charge in [0.2, 0.25) is 0 Å². The molecule has 2 aromatic carbocycles. The predicted molar refractivity (Wildman–Crippen MR) is 101 cm³/mol. The Balaban J connectivity index is 1.83. The highest BCUT2D eigenvalue weighted by Gasteiger charge is 2.17. The molecule has 0 unspecified atom stereocenters. The fourth-order valence-electron chi connectivity index (χ4n) is 2.32. The normalized spacial score (nSPS) is 11.0. The average Bonchev–Trinajstić information content (AvgIpc) is 2.62. The SMILES string of the molecule is Cc1ccnc(NS(=O)(=O)c2cccc(C(=O)Nc3ccccc3)c2)c1. The summed E-state index contributed by atoms with van der Waals surface area (Å²) in [4.78, 5) is 16.3. The molecule has 0 fully saturated rings. The number of para-hydroxylation sites is 1. The smallest absolute Gasteiger partial charge is 0.263 e. The maximum Gasteiger partial charge on any atom is 0.263 e. The van der Waals surface area contributed by atoms with Crippen LogP contribution in [0.5, 0.6) is 0 Å². The van der Waals surface area contributed by atoms with Gasteiger partial charge in [-0.25, -0.2) is 13.4 Å². The minimum atomic E-state index is -3.85. The van der Waals surface area contributed by atoms with E-state index in [1.165, 1.54) is 24.4 Å². The molecule has 0 saturated heterocycles. The van der Waals surface area contributed by atoms with Crippen LogP contribution in [0, 0.1) is 6.92 Å². The van der Waals surface area contributed by atoms with E-state index in [0.29, 0.717) is 5.69 Å². The summed E-state index contributed by atoms with van der Waals surface area (Å²) in [7, 11) is -3.85. The van der Waals surface area contributed by atoms with E-state index in [0.717, 1.165) is 5.56 Å². The van der Waals surface area contributed by atoms with E-state index in [4.69, 9.17) is 0 Å². The number of pyridine rings is 1. The van der Waals surface area contributed by atoms with Crippen LogP contribution in [-0.2, 0) is 10.0 Å². The van der Waals surface area contributed by atoms with Crippen molar-refractivity contribution in [2.75, 3.05) is 10.0 Å². The van der Waals surface area contributed by atoms with Crippen LogP contribution in [0.4, 0.5) is 11.5 Å². The number of benzene rings is 2. The highest BCUT2D eigenvalue weighted by atomic mass is 32.2. The fraction of sp³-hybridized carbons (Fsp3) is 0.0526. The van der Waals surface area contributed by atoms with E-state index < -0.39 is 10.0 Å². The molecular weight excluding hydrogens is 350 g/mol. The zero-order chi connectivity index (χ0) is 18.6. The Morgan fingerprint density at radius 3 is 2.46 bits per heavy atom. The van der Waals surface area contributed by atoms with Crippen molar-refractivity contribution < 1.29 is 13.2 Å². The molecule has 0 aliphatic heterocycles. The van der Waals surface area contributed by atoms with E-state index in [1.807, 2.05) is 13.0 Å². The van der Waals surface area contributed by atoms with Crippen molar-refractivity contribution in [1.82, 2.24) is 4.98 Å². The van der Waals surface area contributed by atoms with Gasteiger partial charge in [0.1, 0.15) is 5.82 Å². The van der Waals surface area contributed by atoms with Gasteiger partial charge < -0.3 is 5.32 Å². The Bertz CT molecular complexity index is 1030. The molecule has 26 heavy (non-hydrogen) atoms. The minimum absolute atomic E-state index is 0.0125. The van der Waals surface area contributed by atoms with Crippen molar-refractivity contribution in [2.45, 2.75) is 11.8 Å². The van der Waals surface area contributed by atoms with Crippen LogP contribution < -0.4 is 10.0 Å². The molecule has 132 valence electrons. The van der Waals surface area contributed by atoms with Crippen LogP contribution in [-0.4, -0.2) is 19.3 Å². The number of hydrogen-bond donors (Lipinski definition) is 2. The number of nitrogens with zero attached hydrogens (tertiary/aromatic N) is 1. The Morgan fingerprint density at radius 2 is 1.73 bits per heavy atom. The third kappa shape index (κ3) is 4.25. The summed E-state index contributed by atoms with van der Waals surface area (Å²) in [5, 5.41) is 2.73. The Hall–Kier alpha value is -3.19. The molecule has 1 amide bonds. The second kappa shape index (κ2) is 7.37. The molecule has 0 radical (unpaired) electrons. The Morgan fingerprint density at radius 1 is 0.962 bits per heavy atom. The zero-order valence-electron chi connectivity index (χ0n) is 14.0.